The highest BCUT2D eigenvalue weighted by molar-refractivity contribution is 7.12. The molecule has 4 nitrogen and oxygen atoms in total. The largest absolute Gasteiger partial charge is 0.390 e. The quantitative estimate of drug-likeness (QED) is 0.574. The van der Waals surface area contributed by atoms with Gasteiger partial charge in [-0.15, -0.1) is 11.3 Å². The second-order valence-corrected chi connectivity index (χ2v) is 8.03. The molecule has 1 unspecified atom stereocenters. The van der Waals surface area contributed by atoms with Gasteiger partial charge in [-0.25, -0.2) is 4.39 Å². The molecule has 1 aliphatic heterocycles. The van der Waals surface area contributed by atoms with Crippen LogP contribution in [0.3, 0.4) is 0 Å². The first-order valence-electron chi connectivity index (χ1n) is 9.46. The van der Waals surface area contributed by atoms with Crippen molar-refractivity contribution in [1.29, 1.82) is 0 Å². The van der Waals surface area contributed by atoms with E-state index in [1.807, 2.05) is 48.7 Å². The minimum atomic E-state index is -0.312. The minimum absolute atomic E-state index is 0.0859. The average molecular weight is 408 g/mol. The summed E-state index contributed by atoms with van der Waals surface area (Å²) < 4.78 is 13.6. The van der Waals surface area contributed by atoms with E-state index in [0.717, 1.165) is 22.4 Å². The van der Waals surface area contributed by atoms with Gasteiger partial charge in [-0.1, -0.05) is 47.6 Å². The maximum atomic E-state index is 13.6. The third kappa shape index (κ3) is 4.54. The third-order valence-corrected chi connectivity index (χ3v) is 5.75. The molecule has 0 spiro atoms. The van der Waals surface area contributed by atoms with Gasteiger partial charge >= 0.3 is 0 Å². The molecule has 4 rings (SSSR count). The van der Waals surface area contributed by atoms with Crippen LogP contribution in [0.1, 0.15) is 32.8 Å². The summed E-state index contributed by atoms with van der Waals surface area (Å²) in [7, 11) is 0. The highest BCUT2D eigenvalue weighted by atomic mass is 32.1. The zero-order valence-corrected chi connectivity index (χ0v) is 16.9. The first kappa shape index (κ1) is 19.3. The molecular weight excluding hydrogens is 387 g/mol. The number of hydrogen-bond donors (Lipinski definition) is 0. The number of oxime groups is 1. The van der Waals surface area contributed by atoms with E-state index in [-0.39, 0.29) is 17.8 Å². The molecule has 0 saturated heterocycles. The van der Waals surface area contributed by atoms with Crippen molar-refractivity contribution >= 4 is 23.0 Å². The number of carbonyl (C=O) groups is 1. The molecule has 0 fully saturated rings. The lowest BCUT2D eigenvalue weighted by atomic mass is 10.00. The summed E-state index contributed by atoms with van der Waals surface area (Å²) in [6.07, 6.45) is 0.393. The van der Waals surface area contributed by atoms with E-state index >= 15 is 0 Å². The van der Waals surface area contributed by atoms with E-state index in [1.165, 1.54) is 23.5 Å². The summed E-state index contributed by atoms with van der Waals surface area (Å²) in [6.45, 7) is 2.74. The summed E-state index contributed by atoms with van der Waals surface area (Å²) in [5.41, 5.74) is 3.84. The van der Waals surface area contributed by atoms with Crippen LogP contribution in [0.2, 0.25) is 0 Å². The second-order valence-electron chi connectivity index (χ2n) is 7.08. The van der Waals surface area contributed by atoms with Crippen molar-refractivity contribution in [3.8, 4) is 0 Å². The van der Waals surface area contributed by atoms with Gasteiger partial charge in [-0.2, -0.15) is 0 Å². The fourth-order valence-electron chi connectivity index (χ4n) is 3.46. The predicted octanol–water partition coefficient (Wildman–Crippen LogP) is 5.03. The highest BCUT2D eigenvalue weighted by Gasteiger charge is 2.28. The lowest BCUT2D eigenvalue weighted by molar-refractivity contribution is 0.0408. The molecule has 2 heterocycles. The minimum Gasteiger partial charge on any atom is -0.390 e. The molecular formula is C23H21FN2O2S. The van der Waals surface area contributed by atoms with Crippen LogP contribution in [0.5, 0.6) is 0 Å². The number of thiophene rings is 1. The normalized spacial score (nSPS) is 15.7. The maximum Gasteiger partial charge on any atom is 0.264 e. The number of aryl methyl sites for hydroxylation is 1. The number of amides is 1. The Balaban J connectivity index is 1.50. The van der Waals surface area contributed by atoms with Gasteiger partial charge in [0.1, 0.15) is 5.82 Å². The molecule has 3 aromatic rings. The summed E-state index contributed by atoms with van der Waals surface area (Å²) in [5.74, 6) is -0.398. The first-order valence-corrected chi connectivity index (χ1v) is 10.3. The molecule has 1 amide bonds. The Bertz CT molecular complexity index is 1030. The number of hydrogen-bond acceptors (Lipinski definition) is 4. The fourth-order valence-corrected chi connectivity index (χ4v) is 4.15. The van der Waals surface area contributed by atoms with E-state index in [4.69, 9.17) is 4.84 Å². The van der Waals surface area contributed by atoms with E-state index in [1.54, 1.807) is 17.0 Å². The molecule has 2 aromatic carbocycles. The van der Waals surface area contributed by atoms with Gasteiger partial charge in [0.15, 0.2) is 6.10 Å². The van der Waals surface area contributed by atoms with Crippen molar-refractivity contribution in [2.24, 2.45) is 5.16 Å². The van der Waals surface area contributed by atoms with E-state index in [2.05, 4.69) is 5.16 Å². The SMILES string of the molecule is Cc1ccccc1C1=NOC(CN(Cc2cccc(F)c2)C(=O)c2cccs2)C1. The van der Waals surface area contributed by atoms with Crippen molar-refractivity contribution in [3.63, 3.8) is 0 Å². The van der Waals surface area contributed by atoms with Crippen LogP contribution >= 0.6 is 11.3 Å². The number of rotatable bonds is 6. The van der Waals surface area contributed by atoms with Gasteiger partial charge in [0.25, 0.3) is 5.91 Å². The second kappa shape index (κ2) is 8.57. The molecule has 1 aliphatic rings. The monoisotopic (exact) mass is 408 g/mol. The zero-order chi connectivity index (χ0) is 20.2. The number of carbonyl (C=O) groups excluding carboxylic acids is 1. The Morgan fingerprint density at radius 2 is 2.07 bits per heavy atom. The molecule has 6 heteroatoms. The topological polar surface area (TPSA) is 41.9 Å². The maximum absolute atomic E-state index is 13.6. The Hall–Kier alpha value is -2.99. The lowest BCUT2D eigenvalue weighted by Gasteiger charge is -2.24. The third-order valence-electron chi connectivity index (χ3n) is 4.89. The van der Waals surface area contributed by atoms with E-state index in [9.17, 15) is 9.18 Å². The van der Waals surface area contributed by atoms with E-state index < -0.39 is 0 Å². The molecule has 148 valence electrons. The van der Waals surface area contributed by atoms with Gasteiger partial charge in [-0.05, 0) is 41.6 Å². The fraction of sp³-hybridized carbons (Fsp3) is 0.217. The van der Waals surface area contributed by atoms with Crippen LogP contribution in [0.15, 0.2) is 71.2 Å². The van der Waals surface area contributed by atoms with Crippen LogP contribution in [0.4, 0.5) is 4.39 Å². The van der Waals surface area contributed by atoms with Crippen molar-refractivity contribution in [1.82, 2.24) is 4.90 Å². The number of benzene rings is 2. The van der Waals surface area contributed by atoms with Crippen LogP contribution in [-0.2, 0) is 11.4 Å². The van der Waals surface area contributed by atoms with Gasteiger partial charge < -0.3 is 9.74 Å². The summed E-state index contributed by atoms with van der Waals surface area (Å²) in [4.78, 5) is 21.1. The smallest absolute Gasteiger partial charge is 0.264 e. The Kier molecular flexibility index (Phi) is 5.71. The van der Waals surface area contributed by atoms with Crippen LogP contribution in [0.25, 0.3) is 0 Å². The van der Waals surface area contributed by atoms with Crippen LogP contribution in [-0.4, -0.2) is 29.2 Å². The number of halogens is 1. The molecule has 0 radical (unpaired) electrons. The van der Waals surface area contributed by atoms with Crippen molar-refractivity contribution < 1.29 is 14.0 Å². The van der Waals surface area contributed by atoms with Crippen molar-refractivity contribution in [3.05, 3.63) is 93.4 Å². The molecule has 1 atom stereocenters. The molecule has 0 aliphatic carbocycles. The van der Waals surface area contributed by atoms with Gasteiger partial charge in [0.05, 0.1) is 17.1 Å². The Labute approximate surface area is 173 Å². The van der Waals surface area contributed by atoms with Gasteiger partial charge in [0, 0.05) is 18.5 Å². The van der Waals surface area contributed by atoms with Crippen LogP contribution in [0, 0.1) is 12.7 Å². The molecule has 0 N–H and O–H groups in total. The van der Waals surface area contributed by atoms with Gasteiger partial charge in [0.2, 0.25) is 0 Å². The summed E-state index contributed by atoms with van der Waals surface area (Å²) >= 11 is 1.40. The average Bonchev–Trinajstić information content (AvgIpc) is 3.40. The van der Waals surface area contributed by atoms with Crippen molar-refractivity contribution in [2.75, 3.05) is 6.54 Å². The zero-order valence-electron chi connectivity index (χ0n) is 16.0. The summed E-state index contributed by atoms with van der Waals surface area (Å²) in [5, 5.41) is 6.14. The number of nitrogens with zero attached hydrogens (tertiary/aromatic N) is 2. The van der Waals surface area contributed by atoms with Gasteiger partial charge in [-0.3, -0.25) is 4.79 Å². The molecule has 0 saturated carbocycles. The van der Waals surface area contributed by atoms with Crippen molar-refractivity contribution in [2.45, 2.75) is 26.0 Å². The molecule has 0 bridgehead atoms. The Morgan fingerprint density at radius 1 is 1.21 bits per heavy atom. The Morgan fingerprint density at radius 3 is 2.83 bits per heavy atom. The summed E-state index contributed by atoms with van der Waals surface area (Å²) in [6, 6.07) is 18.0. The standard InChI is InChI=1S/C23H21FN2O2S/c1-16-6-2-3-9-20(16)21-13-19(28-25-21)15-26(23(27)22-10-5-11-29-22)14-17-7-4-8-18(24)12-17/h2-12,19H,13-15H2,1H3. The van der Waals surface area contributed by atoms with E-state index in [0.29, 0.717) is 24.4 Å². The predicted molar refractivity (Wildman–Crippen MR) is 113 cm³/mol. The van der Waals surface area contributed by atoms with Crippen LogP contribution < -0.4 is 0 Å². The molecule has 29 heavy (non-hydrogen) atoms. The highest BCUT2D eigenvalue weighted by Crippen LogP contribution is 2.22. The lowest BCUT2D eigenvalue weighted by Crippen LogP contribution is -2.37. The first-order chi connectivity index (χ1) is 14.1. The molecule has 1 aromatic heterocycles.